The number of aryl methyl sites for hydroxylation is 1. The molecule has 1 aliphatic heterocycles. The van der Waals surface area contributed by atoms with E-state index in [1.165, 1.54) is 23.9 Å². The number of hydrogen-bond donors (Lipinski definition) is 0. The number of ether oxygens (including phenoxy) is 1. The summed E-state index contributed by atoms with van der Waals surface area (Å²) >= 11 is 7.14. The maximum absolute atomic E-state index is 13.2. The Labute approximate surface area is 204 Å². The number of imidazole rings is 1. The standard InChI is InChI=1S/C23H20ClN5O4S/c1-33-18-6-4-17(5-7-18)26-23-28(11-2-10-27-12-9-25-15-27)22(30)21(34-23)14-16-3-8-19(24)20(13-16)29(31)32/h3-9,12-15H,2,10-11H2,1H3/b21-14+,26-23?. The third-order valence-corrected chi connectivity index (χ3v) is 6.33. The Morgan fingerprint density at radius 2 is 2.03 bits per heavy atom. The minimum absolute atomic E-state index is 0.0421. The number of benzene rings is 2. The van der Waals surface area contributed by atoms with Crippen LogP contribution in [-0.4, -0.2) is 44.1 Å². The minimum Gasteiger partial charge on any atom is -0.497 e. The van der Waals surface area contributed by atoms with E-state index in [1.54, 1.807) is 48.8 Å². The molecule has 0 radical (unpaired) electrons. The number of aromatic nitrogens is 2. The highest BCUT2D eigenvalue weighted by molar-refractivity contribution is 8.18. The lowest BCUT2D eigenvalue weighted by Crippen LogP contribution is -2.30. The number of halogens is 1. The average molecular weight is 498 g/mol. The fourth-order valence-electron chi connectivity index (χ4n) is 3.30. The van der Waals surface area contributed by atoms with Gasteiger partial charge in [0.1, 0.15) is 10.8 Å². The number of hydrogen-bond acceptors (Lipinski definition) is 7. The summed E-state index contributed by atoms with van der Waals surface area (Å²) in [6, 6.07) is 11.7. The SMILES string of the molecule is COc1ccc(N=C2S/C(=C/c3ccc(Cl)c([N+](=O)[O-])c3)C(=O)N2CCCn2ccnc2)cc1. The highest BCUT2D eigenvalue weighted by atomic mass is 35.5. The predicted molar refractivity (Wildman–Crippen MR) is 132 cm³/mol. The van der Waals surface area contributed by atoms with Gasteiger partial charge in [-0.15, -0.1) is 0 Å². The normalized spacial score (nSPS) is 15.9. The first-order valence-electron chi connectivity index (χ1n) is 10.3. The lowest BCUT2D eigenvalue weighted by atomic mass is 10.2. The van der Waals surface area contributed by atoms with Gasteiger partial charge in [-0.3, -0.25) is 19.8 Å². The number of methoxy groups -OCH3 is 1. The van der Waals surface area contributed by atoms with Crippen molar-refractivity contribution >= 4 is 51.9 Å². The molecule has 174 valence electrons. The van der Waals surface area contributed by atoms with Crippen LogP contribution >= 0.6 is 23.4 Å². The van der Waals surface area contributed by atoms with Gasteiger partial charge < -0.3 is 9.30 Å². The topological polar surface area (TPSA) is 103 Å². The quantitative estimate of drug-likeness (QED) is 0.242. The highest BCUT2D eigenvalue weighted by Gasteiger charge is 2.33. The number of carbonyl (C=O) groups excluding carboxylic acids is 1. The van der Waals surface area contributed by atoms with E-state index in [2.05, 4.69) is 9.98 Å². The molecule has 0 unspecified atom stereocenters. The second-order valence-electron chi connectivity index (χ2n) is 7.28. The molecule has 2 heterocycles. The number of nitro benzene ring substituents is 1. The molecular formula is C23H20ClN5O4S. The van der Waals surface area contributed by atoms with E-state index in [0.717, 1.165) is 0 Å². The molecule has 1 fully saturated rings. The lowest BCUT2D eigenvalue weighted by molar-refractivity contribution is -0.384. The number of rotatable bonds is 8. The van der Waals surface area contributed by atoms with Gasteiger partial charge in [-0.25, -0.2) is 9.98 Å². The number of amides is 1. The van der Waals surface area contributed by atoms with Crippen molar-refractivity contribution in [2.24, 2.45) is 4.99 Å². The third kappa shape index (κ3) is 5.46. The maximum atomic E-state index is 13.2. The Morgan fingerprint density at radius 3 is 2.71 bits per heavy atom. The van der Waals surface area contributed by atoms with Gasteiger partial charge >= 0.3 is 0 Å². The maximum Gasteiger partial charge on any atom is 0.288 e. The van der Waals surface area contributed by atoms with E-state index in [4.69, 9.17) is 16.3 Å². The van der Waals surface area contributed by atoms with E-state index >= 15 is 0 Å². The van der Waals surface area contributed by atoms with Crippen molar-refractivity contribution in [2.45, 2.75) is 13.0 Å². The van der Waals surface area contributed by atoms with E-state index in [0.29, 0.717) is 46.6 Å². The van der Waals surface area contributed by atoms with Crippen LogP contribution in [-0.2, 0) is 11.3 Å². The van der Waals surface area contributed by atoms with Gasteiger partial charge in [0.15, 0.2) is 5.17 Å². The second-order valence-corrected chi connectivity index (χ2v) is 8.70. The summed E-state index contributed by atoms with van der Waals surface area (Å²) in [5.74, 6) is 0.502. The van der Waals surface area contributed by atoms with Crippen LogP contribution in [0.25, 0.3) is 6.08 Å². The Balaban J connectivity index is 1.61. The molecule has 4 rings (SSSR count). The number of nitro groups is 1. The summed E-state index contributed by atoms with van der Waals surface area (Å²) in [4.78, 5) is 34.7. The fraction of sp³-hybridized carbons (Fsp3) is 0.174. The Morgan fingerprint density at radius 1 is 1.24 bits per heavy atom. The molecule has 2 aromatic carbocycles. The first-order chi connectivity index (χ1) is 16.4. The first-order valence-corrected chi connectivity index (χ1v) is 11.5. The van der Waals surface area contributed by atoms with Crippen molar-refractivity contribution in [2.75, 3.05) is 13.7 Å². The summed E-state index contributed by atoms with van der Waals surface area (Å²) in [6.45, 7) is 1.16. The second kappa shape index (κ2) is 10.5. The summed E-state index contributed by atoms with van der Waals surface area (Å²) in [7, 11) is 1.59. The number of carbonyl (C=O) groups is 1. The molecule has 0 N–H and O–H groups in total. The third-order valence-electron chi connectivity index (χ3n) is 5.01. The highest BCUT2D eigenvalue weighted by Crippen LogP contribution is 2.35. The number of amidine groups is 1. The van der Waals surface area contributed by atoms with Crippen LogP contribution < -0.4 is 4.74 Å². The zero-order valence-electron chi connectivity index (χ0n) is 18.1. The average Bonchev–Trinajstić information content (AvgIpc) is 3.44. The van der Waals surface area contributed by atoms with Crippen LogP contribution in [0.4, 0.5) is 11.4 Å². The molecule has 34 heavy (non-hydrogen) atoms. The molecule has 0 spiro atoms. The molecule has 9 nitrogen and oxygen atoms in total. The number of aliphatic imine (C=N–C) groups is 1. The molecule has 0 atom stereocenters. The monoisotopic (exact) mass is 497 g/mol. The molecule has 11 heteroatoms. The van der Waals surface area contributed by atoms with Crippen LogP contribution in [0.15, 0.2) is 71.1 Å². The summed E-state index contributed by atoms with van der Waals surface area (Å²) < 4.78 is 7.13. The molecular weight excluding hydrogens is 478 g/mol. The van der Waals surface area contributed by atoms with E-state index in [-0.39, 0.29) is 16.6 Å². The Hall–Kier alpha value is -3.63. The minimum atomic E-state index is -0.549. The van der Waals surface area contributed by atoms with E-state index in [9.17, 15) is 14.9 Å². The largest absolute Gasteiger partial charge is 0.497 e. The van der Waals surface area contributed by atoms with Crippen LogP contribution in [0.1, 0.15) is 12.0 Å². The van der Waals surface area contributed by atoms with Crippen LogP contribution in [0.5, 0.6) is 5.75 Å². The first kappa shape index (κ1) is 23.5. The lowest BCUT2D eigenvalue weighted by Gasteiger charge is -2.15. The van der Waals surface area contributed by atoms with Crippen LogP contribution in [0.2, 0.25) is 5.02 Å². The van der Waals surface area contributed by atoms with Crippen molar-refractivity contribution in [3.8, 4) is 5.75 Å². The molecule has 3 aromatic rings. The summed E-state index contributed by atoms with van der Waals surface area (Å²) in [6.07, 6.45) is 7.62. The van der Waals surface area contributed by atoms with Crippen molar-refractivity contribution < 1.29 is 14.5 Å². The number of thioether (sulfide) groups is 1. The van der Waals surface area contributed by atoms with Crippen molar-refractivity contribution in [1.29, 1.82) is 0 Å². The zero-order chi connectivity index (χ0) is 24.1. The van der Waals surface area contributed by atoms with Gasteiger partial charge in [0.2, 0.25) is 0 Å². The number of nitrogens with zero attached hydrogens (tertiary/aromatic N) is 5. The summed E-state index contributed by atoms with van der Waals surface area (Å²) in [5.41, 5.74) is 0.978. The molecule has 0 aliphatic carbocycles. The van der Waals surface area contributed by atoms with Gasteiger partial charge in [0, 0.05) is 31.5 Å². The molecule has 0 saturated carbocycles. The van der Waals surface area contributed by atoms with Gasteiger partial charge in [-0.1, -0.05) is 17.7 Å². The molecule has 1 aromatic heterocycles. The fourth-order valence-corrected chi connectivity index (χ4v) is 4.51. The van der Waals surface area contributed by atoms with E-state index in [1.807, 2.05) is 22.9 Å². The van der Waals surface area contributed by atoms with Gasteiger partial charge in [-0.2, -0.15) is 0 Å². The van der Waals surface area contributed by atoms with Crippen molar-refractivity contribution in [3.05, 3.63) is 86.8 Å². The van der Waals surface area contributed by atoms with Gasteiger partial charge in [0.25, 0.3) is 11.6 Å². The van der Waals surface area contributed by atoms with Crippen LogP contribution in [0, 0.1) is 10.1 Å². The Kier molecular flexibility index (Phi) is 7.29. The van der Waals surface area contributed by atoms with Gasteiger partial charge in [-0.05, 0) is 60.2 Å². The molecule has 1 amide bonds. The van der Waals surface area contributed by atoms with Gasteiger partial charge in [0.05, 0.1) is 29.0 Å². The van der Waals surface area contributed by atoms with E-state index < -0.39 is 4.92 Å². The Bertz CT molecular complexity index is 1260. The smallest absolute Gasteiger partial charge is 0.288 e. The van der Waals surface area contributed by atoms with Crippen LogP contribution in [0.3, 0.4) is 0 Å². The van der Waals surface area contributed by atoms with Crippen molar-refractivity contribution in [1.82, 2.24) is 14.5 Å². The zero-order valence-corrected chi connectivity index (χ0v) is 19.7. The summed E-state index contributed by atoms with van der Waals surface area (Å²) in [5, 5.41) is 11.8. The predicted octanol–water partition coefficient (Wildman–Crippen LogP) is 5.15. The molecule has 0 bridgehead atoms. The molecule has 1 saturated heterocycles. The van der Waals surface area contributed by atoms with Crippen molar-refractivity contribution in [3.63, 3.8) is 0 Å². The molecule has 1 aliphatic rings.